The summed E-state index contributed by atoms with van der Waals surface area (Å²) in [5.74, 6) is 1.69. The number of benzene rings is 1. The molecule has 0 spiro atoms. The number of anilines is 2. The summed E-state index contributed by atoms with van der Waals surface area (Å²) < 4.78 is 2.03. The molecule has 0 radical (unpaired) electrons. The van der Waals surface area contributed by atoms with Gasteiger partial charge in [0.2, 0.25) is 11.9 Å². The van der Waals surface area contributed by atoms with Gasteiger partial charge in [-0.05, 0) is 31.4 Å². The van der Waals surface area contributed by atoms with Crippen molar-refractivity contribution >= 4 is 28.3 Å². The highest BCUT2D eigenvalue weighted by Gasteiger charge is 2.41. The van der Waals surface area contributed by atoms with Crippen LogP contribution >= 0.6 is 0 Å². The Morgan fingerprint density at radius 3 is 2.71 bits per heavy atom. The second kappa shape index (κ2) is 6.62. The molecule has 0 N–H and O–H groups in total. The first-order valence-electron chi connectivity index (χ1n) is 10.2. The molecule has 1 amide bonds. The van der Waals surface area contributed by atoms with Crippen LogP contribution in [0.3, 0.4) is 0 Å². The van der Waals surface area contributed by atoms with Gasteiger partial charge in [-0.15, -0.1) is 0 Å². The summed E-state index contributed by atoms with van der Waals surface area (Å²) in [5.41, 5.74) is 1.89. The molecule has 1 aliphatic carbocycles. The zero-order valence-electron chi connectivity index (χ0n) is 16.4. The van der Waals surface area contributed by atoms with Crippen molar-refractivity contribution in [2.24, 2.45) is 0 Å². The molecular weight excluding hydrogens is 350 g/mol. The van der Waals surface area contributed by atoms with Crippen LogP contribution in [0.15, 0.2) is 42.7 Å². The van der Waals surface area contributed by atoms with Crippen LogP contribution in [-0.2, 0) is 4.79 Å². The number of nitrogens with zero attached hydrogens (tertiary/aromatic N) is 5. The van der Waals surface area contributed by atoms with E-state index in [0.29, 0.717) is 12.0 Å². The minimum atomic E-state index is -0.148. The average Bonchev–Trinajstić information content (AvgIpc) is 3.40. The Morgan fingerprint density at radius 1 is 1.14 bits per heavy atom. The standard InChI is InChI=1S/C22H25N5O/c1-3-17-21(28)25(2)19-14-23-22(24-20(19)27(17)16-9-5-6-10-16)26-13-12-15-8-4-7-11-18(15)26/h4,7-8,11-14,16-17H,3,5-6,9-10H2,1-2H3. The van der Waals surface area contributed by atoms with Crippen LogP contribution in [0.4, 0.5) is 11.5 Å². The summed E-state index contributed by atoms with van der Waals surface area (Å²) >= 11 is 0. The van der Waals surface area contributed by atoms with Gasteiger partial charge >= 0.3 is 0 Å². The SMILES string of the molecule is CCC1C(=O)N(C)c2cnc(-n3ccc4ccccc43)nc2N1C1CCCC1. The number of fused-ring (bicyclic) bond motifs is 2. The number of amides is 1. The van der Waals surface area contributed by atoms with Crippen LogP contribution in [0.5, 0.6) is 0 Å². The maximum Gasteiger partial charge on any atom is 0.249 e. The third kappa shape index (κ3) is 2.51. The van der Waals surface area contributed by atoms with Gasteiger partial charge in [-0.2, -0.15) is 4.98 Å². The predicted molar refractivity (Wildman–Crippen MR) is 111 cm³/mol. The normalized spacial score (nSPS) is 20.2. The van der Waals surface area contributed by atoms with E-state index >= 15 is 0 Å². The van der Waals surface area contributed by atoms with Crippen molar-refractivity contribution in [1.82, 2.24) is 14.5 Å². The van der Waals surface area contributed by atoms with Crippen molar-refractivity contribution in [2.45, 2.75) is 51.1 Å². The molecule has 144 valence electrons. The molecule has 6 heteroatoms. The fourth-order valence-corrected chi connectivity index (χ4v) is 4.75. The summed E-state index contributed by atoms with van der Waals surface area (Å²) in [7, 11) is 1.84. The fourth-order valence-electron chi connectivity index (χ4n) is 4.75. The molecule has 1 fully saturated rings. The van der Waals surface area contributed by atoms with Crippen LogP contribution < -0.4 is 9.80 Å². The Labute approximate surface area is 164 Å². The van der Waals surface area contributed by atoms with Crippen LogP contribution in [0, 0.1) is 0 Å². The molecular formula is C22H25N5O. The molecule has 2 aromatic heterocycles. The minimum Gasteiger partial charge on any atom is -0.340 e. The molecule has 6 nitrogen and oxygen atoms in total. The maximum atomic E-state index is 13.0. The zero-order chi connectivity index (χ0) is 19.3. The first-order chi connectivity index (χ1) is 13.7. The summed E-state index contributed by atoms with van der Waals surface area (Å²) in [6.45, 7) is 2.09. The van der Waals surface area contributed by atoms with Gasteiger partial charge in [-0.1, -0.05) is 38.0 Å². The monoisotopic (exact) mass is 375 g/mol. The van der Waals surface area contributed by atoms with E-state index in [9.17, 15) is 4.79 Å². The molecule has 0 bridgehead atoms. The van der Waals surface area contributed by atoms with Crippen molar-refractivity contribution in [2.75, 3.05) is 16.8 Å². The van der Waals surface area contributed by atoms with E-state index in [-0.39, 0.29) is 11.9 Å². The molecule has 1 atom stereocenters. The van der Waals surface area contributed by atoms with E-state index in [1.807, 2.05) is 29.9 Å². The highest BCUT2D eigenvalue weighted by atomic mass is 16.2. The van der Waals surface area contributed by atoms with Gasteiger partial charge in [-0.3, -0.25) is 9.36 Å². The molecule has 0 saturated heterocycles. The summed E-state index contributed by atoms with van der Waals surface area (Å²) in [6, 6.07) is 10.6. The average molecular weight is 375 g/mol. The lowest BCUT2D eigenvalue weighted by Gasteiger charge is -2.43. The summed E-state index contributed by atoms with van der Waals surface area (Å²) in [5, 5.41) is 1.16. The molecule has 3 heterocycles. The minimum absolute atomic E-state index is 0.143. The molecule has 1 aromatic carbocycles. The van der Waals surface area contributed by atoms with E-state index in [2.05, 4.69) is 35.0 Å². The van der Waals surface area contributed by atoms with Crippen LogP contribution in [0.2, 0.25) is 0 Å². The zero-order valence-corrected chi connectivity index (χ0v) is 16.4. The van der Waals surface area contributed by atoms with E-state index in [1.54, 1.807) is 11.1 Å². The van der Waals surface area contributed by atoms with Gasteiger partial charge in [0.25, 0.3) is 0 Å². The van der Waals surface area contributed by atoms with Crippen molar-refractivity contribution in [3.05, 3.63) is 42.7 Å². The fraction of sp³-hybridized carbons (Fsp3) is 0.409. The number of aromatic nitrogens is 3. The second-order valence-electron chi connectivity index (χ2n) is 7.79. The van der Waals surface area contributed by atoms with E-state index in [0.717, 1.165) is 41.7 Å². The lowest BCUT2D eigenvalue weighted by Crippen LogP contribution is -2.55. The van der Waals surface area contributed by atoms with Gasteiger partial charge in [0.05, 0.1) is 11.7 Å². The van der Waals surface area contributed by atoms with Crippen molar-refractivity contribution in [3.8, 4) is 5.95 Å². The summed E-state index contributed by atoms with van der Waals surface area (Å²) in [6.07, 6.45) is 9.29. The third-order valence-electron chi connectivity index (χ3n) is 6.21. The smallest absolute Gasteiger partial charge is 0.249 e. The number of hydrogen-bond donors (Lipinski definition) is 0. The number of rotatable bonds is 3. The maximum absolute atomic E-state index is 13.0. The van der Waals surface area contributed by atoms with E-state index in [1.165, 1.54) is 12.8 Å². The number of carbonyl (C=O) groups is 1. The Kier molecular flexibility index (Phi) is 4.07. The molecule has 1 saturated carbocycles. The van der Waals surface area contributed by atoms with Crippen molar-refractivity contribution in [3.63, 3.8) is 0 Å². The molecule has 28 heavy (non-hydrogen) atoms. The highest BCUT2D eigenvalue weighted by molar-refractivity contribution is 6.04. The number of likely N-dealkylation sites (N-methyl/N-ethyl adjacent to an activating group) is 1. The van der Waals surface area contributed by atoms with Crippen LogP contribution in [0.25, 0.3) is 16.9 Å². The lowest BCUT2D eigenvalue weighted by molar-refractivity contribution is -0.120. The van der Waals surface area contributed by atoms with E-state index < -0.39 is 0 Å². The Morgan fingerprint density at radius 2 is 1.93 bits per heavy atom. The van der Waals surface area contributed by atoms with Gasteiger partial charge in [0.1, 0.15) is 11.7 Å². The number of para-hydroxylation sites is 1. The first kappa shape index (κ1) is 17.2. The van der Waals surface area contributed by atoms with Gasteiger partial charge in [0, 0.05) is 24.7 Å². The van der Waals surface area contributed by atoms with Gasteiger partial charge < -0.3 is 9.80 Å². The molecule has 3 aromatic rings. The summed E-state index contributed by atoms with van der Waals surface area (Å²) in [4.78, 5) is 26.6. The second-order valence-corrected chi connectivity index (χ2v) is 7.79. The Hall–Kier alpha value is -2.89. The molecule has 2 aliphatic rings. The van der Waals surface area contributed by atoms with Crippen LogP contribution in [0.1, 0.15) is 39.0 Å². The van der Waals surface area contributed by atoms with Crippen molar-refractivity contribution < 1.29 is 4.79 Å². The van der Waals surface area contributed by atoms with Gasteiger partial charge in [0.15, 0.2) is 5.82 Å². The number of carbonyl (C=O) groups excluding carboxylic acids is 1. The third-order valence-corrected chi connectivity index (χ3v) is 6.21. The largest absolute Gasteiger partial charge is 0.340 e. The molecule has 1 aliphatic heterocycles. The lowest BCUT2D eigenvalue weighted by atomic mass is 10.0. The van der Waals surface area contributed by atoms with Crippen LogP contribution in [-0.4, -0.2) is 39.6 Å². The predicted octanol–water partition coefficient (Wildman–Crippen LogP) is 3.92. The Bertz CT molecular complexity index is 1040. The van der Waals surface area contributed by atoms with Crippen molar-refractivity contribution in [1.29, 1.82) is 0 Å². The van der Waals surface area contributed by atoms with E-state index in [4.69, 9.17) is 4.98 Å². The first-order valence-corrected chi connectivity index (χ1v) is 10.2. The highest BCUT2D eigenvalue weighted by Crippen LogP contribution is 2.39. The topological polar surface area (TPSA) is 54.3 Å². The Balaban J connectivity index is 1.67. The molecule has 1 unspecified atom stereocenters. The van der Waals surface area contributed by atoms with Gasteiger partial charge in [-0.25, -0.2) is 4.98 Å². The quantitative estimate of drug-likeness (QED) is 0.696. The number of hydrogen-bond acceptors (Lipinski definition) is 4. The molecule has 5 rings (SSSR count).